The van der Waals surface area contributed by atoms with Gasteiger partial charge in [0.25, 0.3) is 0 Å². The molecule has 106 valence electrons. The Bertz CT molecular complexity index is 547. The van der Waals surface area contributed by atoms with E-state index in [9.17, 15) is 4.39 Å². The van der Waals surface area contributed by atoms with E-state index < -0.39 is 0 Å². The first kappa shape index (κ1) is 14.9. The predicted molar refractivity (Wildman–Crippen MR) is 81.8 cm³/mol. The molecule has 0 fully saturated rings. The van der Waals surface area contributed by atoms with E-state index in [2.05, 4.69) is 12.1 Å². The van der Waals surface area contributed by atoms with E-state index in [0.29, 0.717) is 6.42 Å². The minimum Gasteiger partial charge on any atom is -0.494 e. The smallest absolute Gasteiger partial charge is 0.165 e. The van der Waals surface area contributed by atoms with Crippen molar-refractivity contribution in [2.75, 3.05) is 12.9 Å². The van der Waals surface area contributed by atoms with Gasteiger partial charge in [-0.3, -0.25) is 0 Å². The predicted octanol–water partition coefficient (Wildman–Crippen LogP) is 3.50. The first-order valence-electron chi connectivity index (χ1n) is 6.45. The number of rotatable bonds is 6. The second kappa shape index (κ2) is 7.31. The van der Waals surface area contributed by atoms with Crippen LogP contribution in [0.3, 0.4) is 0 Å². The van der Waals surface area contributed by atoms with Crippen LogP contribution in [0.2, 0.25) is 0 Å². The molecule has 0 aliphatic carbocycles. The summed E-state index contributed by atoms with van der Waals surface area (Å²) >= 11 is 1.72. The number of halogens is 1. The molecule has 0 bridgehead atoms. The lowest BCUT2D eigenvalue weighted by atomic mass is 10.1. The first-order valence-corrected chi connectivity index (χ1v) is 7.43. The van der Waals surface area contributed by atoms with Crippen molar-refractivity contribution in [2.24, 2.45) is 5.73 Å². The molecule has 4 heteroatoms. The Morgan fingerprint density at radius 2 is 1.95 bits per heavy atom. The van der Waals surface area contributed by atoms with Gasteiger partial charge in [-0.2, -0.15) is 0 Å². The summed E-state index contributed by atoms with van der Waals surface area (Å²) in [6.45, 7) is 0. The summed E-state index contributed by atoms with van der Waals surface area (Å²) in [5.41, 5.74) is 6.99. The highest BCUT2D eigenvalue weighted by atomic mass is 32.2. The number of thioether (sulfide) groups is 1. The number of ether oxygens (including phenoxy) is 1. The third-order valence-electron chi connectivity index (χ3n) is 2.92. The summed E-state index contributed by atoms with van der Waals surface area (Å²) < 4.78 is 18.5. The number of benzene rings is 2. The highest BCUT2D eigenvalue weighted by Crippen LogP contribution is 2.21. The lowest BCUT2D eigenvalue weighted by molar-refractivity contribution is 0.386. The van der Waals surface area contributed by atoms with E-state index in [1.54, 1.807) is 17.8 Å². The standard InChI is InChI=1S/C16H18FNOS/c1-19-16-8-7-12(10-15(16)17)9-13(18)11-20-14-5-3-2-4-6-14/h2-8,10,13H,9,11,18H2,1H3. The van der Waals surface area contributed by atoms with Crippen LogP contribution in [0.1, 0.15) is 5.56 Å². The van der Waals surface area contributed by atoms with Gasteiger partial charge < -0.3 is 10.5 Å². The highest BCUT2D eigenvalue weighted by molar-refractivity contribution is 7.99. The lowest BCUT2D eigenvalue weighted by Gasteiger charge is -2.12. The summed E-state index contributed by atoms with van der Waals surface area (Å²) in [6, 6.07) is 15.1. The summed E-state index contributed by atoms with van der Waals surface area (Å²) in [5.74, 6) is 0.728. The third kappa shape index (κ3) is 4.25. The van der Waals surface area contributed by atoms with Crippen LogP contribution in [0, 0.1) is 5.82 Å². The zero-order chi connectivity index (χ0) is 14.4. The Labute approximate surface area is 123 Å². The Morgan fingerprint density at radius 3 is 2.60 bits per heavy atom. The van der Waals surface area contributed by atoms with Crippen LogP contribution in [0.4, 0.5) is 4.39 Å². The average Bonchev–Trinajstić information content (AvgIpc) is 2.46. The van der Waals surface area contributed by atoms with Crippen molar-refractivity contribution in [1.29, 1.82) is 0 Å². The van der Waals surface area contributed by atoms with E-state index in [1.165, 1.54) is 18.1 Å². The zero-order valence-electron chi connectivity index (χ0n) is 11.4. The van der Waals surface area contributed by atoms with Gasteiger partial charge in [0.05, 0.1) is 7.11 Å². The molecule has 0 aliphatic rings. The summed E-state index contributed by atoms with van der Waals surface area (Å²) in [7, 11) is 1.46. The topological polar surface area (TPSA) is 35.2 Å². The molecule has 0 saturated carbocycles. The number of methoxy groups -OCH3 is 1. The van der Waals surface area contributed by atoms with Gasteiger partial charge in [0, 0.05) is 16.7 Å². The van der Waals surface area contributed by atoms with Gasteiger partial charge >= 0.3 is 0 Å². The maximum Gasteiger partial charge on any atom is 0.165 e. The van der Waals surface area contributed by atoms with Crippen molar-refractivity contribution in [3.63, 3.8) is 0 Å². The van der Waals surface area contributed by atoms with Crippen LogP contribution < -0.4 is 10.5 Å². The van der Waals surface area contributed by atoms with E-state index in [-0.39, 0.29) is 17.6 Å². The molecule has 0 aliphatic heterocycles. The fraction of sp³-hybridized carbons (Fsp3) is 0.250. The van der Waals surface area contributed by atoms with Crippen molar-refractivity contribution in [1.82, 2.24) is 0 Å². The van der Waals surface area contributed by atoms with Crippen molar-refractivity contribution >= 4 is 11.8 Å². The van der Waals surface area contributed by atoms with Gasteiger partial charge in [-0.1, -0.05) is 24.3 Å². The van der Waals surface area contributed by atoms with Gasteiger partial charge in [-0.15, -0.1) is 11.8 Å². The van der Waals surface area contributed by atoms with Crippen LogP contribution in [0.5, 0.6) is 5.75 Å². The van der Waals surface area contributed by atoms with Gasteiger partial charge in [0.1, 0.15) is 0 Å². The van der Waals surface area contributed by atoms with Crippen LogP contribution in [0.15, 0.2) is 53.4 Å². The van der Waals surface area contributed by atoms with Gasteiger partial charge in [-0.25, -0.2) is 4.39 Å². The third-order valence-corrected chi connectivity index (χ3v) is 4.12. The van der Waals surface area contributed by atoms with Gasteiger partial charge in [0.2, 0.25) is 0 Å². The molecular formula is C16H18FNOS. The van der Waals surface area contributed by atoms with E-state index in [4.69, 9.17) is 10.5 Å². The fourth-order valence-electron chi connectivity index (χ4n) is 1.92. The average molecular weight is 291 g/mol. The molecule has 20 heavy (non-hydrogen) atoms. The van der Waals surface area contributed by atoms with Gasteiger partial charge in [-0.05, 0) is 36.2 Å². The minimum atomic E-state index is -0.340. The molecule has 2 rings (SSSR count). The Balaban J connectivity index is 1.88. The molecule has 2 aromatic carbocycles. The Morgan fingerprint density at radius 1 is 1.20 bits per heavy atom. The maximum atomic E-state index is 13.6. The monoisotopic (exact) mass is 291 g/mol. The molecule has 0 spiro atoms. The molecule has 0 heterocycles. The van der Waals surface area contributed by atoms with Crippen LogP contribution >= 0.6 is 11.8 Å². The normalized spacial score (nSPS) is 12.2. The van der Waals surface area contributed by atoms with E-state index in [1.807, 2.05) is 24.3 Å². The quantitative estimate of drug-likeness (QED) is 0.827. The molecule has 2 nitrogen and oxygen atoms in total. The Hall–Kier alpha value is -1.52. The minimum absolute atomic E-state index is 0.00648. The largest absolute Gasteiger partial charge is 0.494 e. The first-order chi connectivity index (χ1) is 9.69. The highest BCUT2D eigenvalue weighted by Gasteiger charge is 2.08. The van der Waals surface area contributed by atoms with Crippen LogP contribution in [0.25, 0.3) is 0 Å². The molecule has 1 atom stereocenters. The number of hydrogen-bond acceptors (Lipinski definition) is 3. The second-order valence-electron chi connectivity index (χ2n) is 4.56. The second-order valence-corrected chi connectivity index (χ2v) is 5.65. The van der Waals surface area contributed by atoms with Crippen molar-refractivity contribution in [3.05, 3.63) is 59.9 Å². The van der Waals surface area contributed by atoms with Crippen LogP contribution in [-0.2, 0) is 6.42 Å². The summed E-state index contributed by atoms with van der Waals surface area (Å²) in [4.78, 5) is 1.20. The van der Waals surface area contributed by atoms with Crippen LogP contribution in [-0.4, -0.2) is 18.9 Å². The summed E-state index contributed by atoms with van der Waals surface area (Å²) in [5, 5.41) is 0. The molecular weight excluding hydrogens is 273 g/mol. The molecule has 1 unspecified atom stereocenters. The summed E-state index contributed by atoms with van der Waals surface area (Å²) in [6.07, 6.45) is 0.654. The molecule has 0 saturated heterocycles. The van der Waals surface area contributed by atoms with Crippen molar-refractivity contribution < 1.29 is 9.13 Å². The molecule has 0 radical (unpaired) electrons. The van der Waals surface area contributed by atoms with Gasteiger partial charge in [0.15, 0.2) is 11.6 Å². The molecule has 0 aromatic heterocycles. The SMILES string of the molecule is COc1ccc(CC(N)CSc2ccccc2)cc1F. The molecule has 2 aromatic rings. The number of nitrogens with two attached hydrogens (primary N) is 1. The lowest BCUT2D eigenvalue weighted by Crippen LogP contribution is -2.25. The molecule has 2 N–H and O–H groups in total. The maximum absolute atomic E-state index is 13.6. The number of hydrogen-bond donors (Lipinski definition) is 1. The molecule has 0 amide bonds. The van der Waals surface area contributed by atoms with Crippen molar-refractivity contribution in [2.45, 2.75) is 17.4 Å². The fourth-order valence-corrected chi connectivity index (χ4v) is 2.79. The van der Waals surface area contributed by atoms with Crippen molar-refractivity contribution in [3.8, 4) is 5.75 Å². The van der Waals surface area contributed by atoms with E-state index >= 15 is 0 Å². The van der Waals surface area contributed by atoms with E-state index in [0.717, 1.165) is 11.3 Å². The Kier molecular flexibility index (Phi) is 5.44. The zero-order valence-corrected chi connectivity index (χ0v) is 12.2.